The second-order valence-electron chi connectivity index (χ2n) is 4.77. The lowest BCUT2D eigenvalue weighted by atomic mass is 10.3. The Bertz CT molecular complexity index is 738. The number of amides is 1. The second-order valence-corrected chi connectivity index (χ2v) is 5.17. The molecular weight excluding hydrogens is 325 g/mol. The van der Waals surface area contributed by atoms with Gasteiger partial charge in [0.15, 0.2) is 18.1 Å². The highest BCUT2D eigenvalue weighted by atomic mass is 35.5. The van der Waals surface area contributed by atoms with Crippen molar-refractivity contribution in [1.29, 1.82) is 0 Å². The summed E-state index contributed by atoms with van der Waals surface area (Å²) in [6.45, 7) is 0.765. The molecule has 0 unspecified atom stereocenters. The predicted octanol–water partition coefficient (Wildman–Crippen LogP) is 3.27. The molecule has 0 bridgehead atoms. The van der Waals surface area contributed by atoms with Crippen LogP contribution < -0.4 is 19.5 Å². The molecule has 0 saturated heterocycles. The third kappa shape index (κ3) is 3.84. The van der Waals surface area contributed by atoms with E-state index < -0.39 is 11.7 Å². The van der Waals surface area contributed by atoms with Gasteiger partial charge in [0.2, 0.25) is 0 Å². The molecule has 1 aliphatic rings. The maximum Gasteiger partial charge on any atom is 0.262 e. The van der Waals surface area contributed by atoms with Gasteiger partial charge in [0, 0.05) is 6.07 Å². The Morgan fingerprint density at radius 1 is 1.17 bits per heavy atom. The van der Waals surface area contributed by atoms with Crippen molar-refractivity contribution in [1.82, 2.24) is 0 Å². The van der Waals surface area contributed by atoms with E-state index in [1.165, 1.54) is 12.1 Å². The van der Waals surface area contributed by atoms with Crippen molar-refractivity contribution in [3.05, 3.63) is 47.2 Å². The topological polar surface area (TPSA) is 56.8 Å². The first kappa shape index (κ1) is 15.4. The Morgan fingerprint density at radius 2 is 1.96 bits per heavy atom. The van der Waals surface area contributed by atoms with Crippen LogP contribution in [0, 0.1) is 5.82 Å². The fraction of sp³-hybridized carbons (Fsp3) is 0.188. The zero-order chi connectivity index (χ0) is 16.2. The number of fused-ring (bicyclic) bond motifs is 1. The number of nitrogens with one attached hydrogen (secondary N) is 1. The van der Waals surface area contributed by atoms with E-state index in [1.54, 1.807) is 18.2 Å². The predicted molar refractivity (Wildman–Crippen MR) is 83.0 cm³/mol. The van der Waals surface area contributed by atoms with Crippen LogP contribution in [0.3, 0.4) is 0 Å². The zero-order valence-electron chi connectivity index (χ0n) is 12.0. The summed E-state index contributed by atoms with van der Waals surface area (Å²) >= 11 is 5.84. The van der Waals surface area contributed by atoms with Gasteiger partial charge in [-0.15, -0.1) is 0 Å². The summed E-state index contributed by atoms with van der Waals surface area (Å²) in [7, 11) is 0. The molecule has 7 heteroatoms. The summed E-state index contributed by atoms with van der Waals surface area (Å²) in [5.74, 6) is 0.824. The van der Waals surface area contributed by atoms with Crippen LogP contribution in [0.4, 0.5) is 10.1 Å². The molecule has 1 N–H and O–H groups in total. The molecular formula is C16H13ClFNO4. The molecule has 3 rings (SSSR count). The van der Waals surface area contributed by atoms with Crippen molar-refractivity contribution < 1.29 is 23.4 Å². The number of anilines is 1. The Morgan fingerprint density at radius 3 is 2.74 bits per heavy atom. The van der Waals surface area contributed by atoms with Crippen LogP contribution in [0.25, 0.3) is 0 Å². The molecule has 2 aromatic rings. The van der Waals surface area contributed by atoms with E-state index in [1.807, 2.05) is 0 Å². The van der Waals surface area contributed by atoms with E-state index >= 15 is 0 Å². The van der Waals surface area contributed by atoms with Gasteiger partial charge >= 0.3 is 0 Å². The normalized spacial score (nSPS) is 12.6. The van der Waals surface area contributed by atoms with Crippen molar-refractivity contribution in [2.45, 2.75) is 0 Å². The first-order valence-corrected chi connectivity index (χ1v) is 7.27. The average molecular weight is 338 g/mol. The highest BCUT2D eigenvalue weighted by Gasteiger charge is 2.13. The lowest BCUT2D eigenvalue weighted by Crippen LogP contribution is -2.20. The van der Waals surface area contributed by atoms with Crippen LogP contribution in [-0.2, 0) is 4.79 Å². The van der Waals surface area contributed by atoms with Gasteiger partial charge in [-0.3, -0.25) is 4.79 Å². The second kappa shape index (κ2) is 6.75. The fourth-order valence-electron chi connectivity index (χ4n) is 2.04. The number of rotatable bonds is 4. The van der Waals surface area contributed by atoms with Crippen molar-refractivity contribution >= 4 is 23.2 Å². The summed E-state index contributed by atoms with van der Waals surface area (Å²) in [6, 6.07) is 8.79. The van der Waals surface area contributed by atoms with E-state index in [-0.39, 0.29) is 11.6 Å². The number of hydrogen-bond acceptors (Lipinski definition) is 4. The molecule has 0 spiro atoms. The molecule has 0 radical (unpaired) electrons. The Hall–Kier alpha value is -2.47. The molecule has 2 aromatic carbocycles. The average Bonchev–Trinajstić information content (AvgIpc) is 2.55. The van der Waals surface area contributed by atoms with Crippen molar-refractivity contribution in [2.75, 3.05) is 25.1 Å². The molecule has 0 aliphatic carbocycles. The van der Waals surface area contributed by atoms with Gasteiger partial charge in [0.1, 0.15) is 24.8 Å². The van der Waals surface area contributed by atoms with E-state index in [0.29, 0.717) is 36.1 Å². The van der Waals surface area contributed by atoms with Crippen LogP contribution in [0.2, 0.25) is 5.02 Å². The molecule has 5 nitrogen and oxygen atoms in total. The number of ether oxygens (including phenoxy) is 3. The minimum Gasteiger partial charge on any atom is -0.486 e. The maximum absolute atomic E-state index is 12.9. The number of halogens is 2. The molecule has 23 heavy (non-hydrogen) atoms. The molecule has 1 aliphatic heterocycles. The smallest absolute Gasteiger partial charge is 0.262 e. The Kier molecular flexibility index (Phi) is 4.52. The molecule has 0 saturated carbocycles. The third-order valence-electron chi connectivity index (χ3n) is 3.09. The molecule has 0 aromatic heterocycles. The Labute approximate surface area is 136 Å². The van der Waals surface area contributed by atoms with E-state index in [4.69, 9.17) is 25.8 Å². The summed E-state index contributed by atoms with van der Waals surface area (Å²) in [6.07, 6.45) is 0. The SMILES string of the molecule is O=C(COc1ccc2c(c1)OCCO2)Nc1ccc(F)cc1Cl. The van der Waals surface area contributed by atoms with Crippen LogP contribution in [-0.4, -0.2) is 25.7 Å². The van der Waals surface area contributed by atoms with Crippen molar-refractivity contribution in [3.63, 3.8) is 0 Å². The highest BCUT2D eigenvalue weighted by Crippen LogP contribution is 2.33. The standard InChI is InChI=1S/C16H13ClFNO4/c17-12-7-10(18)1-3-13(12)19-16(20)9-23-11-2-4-14-15(8-11)22-6-5-21-14/h1-4,7-8H,5-6,9H2,(H,19,20). The highest BCUT2D eigenvalue weighted by molar-refractivity contribution is 6.33. The van der Waals surface area contributed by atoms with E-state index in [2.05, 4.69) is 5.32 Å². The summed E-state index contributed by atoms with van der Waals surface area (Å²) in [4.78, 5) is 11.9. The summed E-state index contributed by atoms with van der Waals surface area (Å²) in [5, 5.41) is 2.67. The lowest BCUT2D eigenvalue weighted by Gasteiger charge is -2.18. The molecule has 0 atom stereocenters. The molecule has 0 fully saturated rings. The number of benzene rings is 2. The van der Waals surface area contributed by atoms with Crippen LogP contribution in [0.5, 0.6) is 17.2 Å². The minimum atomic E-state index is -0.472. The van der Waals surface area contributed by atoms with Crippen LogP contribution in [0.1, 0.15) is 0 Å². The van der Waals surface area contributed by atoms with Gasteiger partial charge in [-0.05, 0) is 30.3 Å². The van der Waals surface area contributed by atoms with Crippen LogP contribution >= 0.6 is 11.6 Å². The molecule has 120 valence electrons. The van der Waals surface area contributed by atoms with E-state index in [9.17, 15) is 9.18 Å². The monoisotopic (exact) mass is 337 g/mol. The van der Waals surface area contributed by atoms with Crippen molar-refractivity contribution in [3.8, 4) is 17.2 Å². The first-order valence-electron chi connectivity index (χ1n) is 6.89. The number of carbonyl (C=O) groups excluding carboxylic acids is 1. The quantitative estimate of drug-likeness (QED) is 0.930. The van der Waals surface area contributed by atoms with Gasteiger partial charge in [-0.25, -0.2) is 4.39 Å². The van der Waals surface area contributed by atoms with Gasteiger partial charge in [-0.2, -0.15) is 0 Å². The zero-order valence-corrected chi connectivity index (χ0v) is 12.7. The third-order valence-corrected chi connectivity index (χ3v) is 3.40. The van der Waals surface area contributed by atoms with Gasteiger partial charge < -0.3 is 19.5 Å². The first-order chi connectivity index (χ1) is 11.1. The summed E-state index contributed by atoms with van der Waals surface area (Å²) in [5.41, 5.74) is 0.323. The molecule has 1 amide bonds. The van der Waals surface area contributed by atoms with Crippen molar-refractivity contribution in [2.24, 2.45) is 0 Å². The molecule has 1 heterocycles. The maximum atomic E-state index is 12.9. The van der Waals surface area contributed by atoms with Gasteiger partial charge in [-0.1, -0.05) is 11.6 Å². The Balaban J connectivity index is 1.58. The fourth-order valence-corrected chi connectivity index (χ4v) is 2.25. The van der Waals surface area contributed by atoms with Crippen LogP contribution in [0.15, 0.2) is 36.4 Å². The van der Waals surface area contributed by atoms with Gasteiger partial charge in [0.25, 0.3) is 5.91 Å². The van der Waals surface area contributed by atoms with E-state index in [0.717, 1.165) is 6.07 Å². The number of hydrogen-bond donors (Lipinski definition) is 1. The van der Waals surface area contributed by atoms with Gasteiger partial charge in [0.05, 0.1) is 10.7 Å². The summed E-state index contributed by atoms with van der Waals surface area (Å²) < 4.78 is 29.2. The number of carbonyl (C=O) groups is 1. The largest absolute Gasteiger partial charge is 0.486 e. The minimum absolute atomic E-state index is 0.123. The lowest BCUT2D eigenvalue weighted by molar-refractivity contribution is -0.118.